The summed E-state index contributed by atoms with van der Waals surface area (Å²) in [7, 11) is 0. The van der Waals surface area contributed by atoms with Crippen molar-refractivity contribution in [3.63, 3.8) is 0 Å². The summed E-state index contributed by atoms with van der Waals surface area (Å²) in [5.74, 6) is 0.788. The highest BCUT2D eigenvalue weighted by atomic mass is 35.5. The second-order valence-electron chi connectivity index (χ2n) is 4.41. The van der Waals surface area contributed by atoms with Gasteiger partial charge in [-0.25, -0.2) is 0 Å². The summed E-state index contributed by atoms with van der Waals surface area (Å²) in [6.07, 6.45) is 0.556. The summed E-state index contributed by atoms with van der Waals surface area (Å²) < 4.78 is 5.75. The van der Waals surface area contributed by atoms with Crippen LogP contribution in [0.1, 0.15) is 31.8 Å². The molecule has 1 aliphatic heterocycles. The molecule has 0 N–H and O–H groups in total. The quantitative estimate of drug-likeness (QED) is 0.668. The molecular formula is C15H8Cl2O3. The van der Waals surface area contributed by atoms with E-state index in [1.54, 1.807) is 24.3 Å². The average Bonchev–Trinajstić information content (AvgIpc) is 2.43. The molecule has 0 aromatic heterocycles. The van der Waals surface area contributed by atoms with E-state index in [4.69, 9.17) is 27.9 Å². The molecule has 0 unspecified atom stereocenters. The Labute approximate surface area is 125 Å². The van der Waals surface area contributed by atoms with Crippen molar-refractivity contribution >= 4 is 33.7 Å². The number of fused-ring (bicyclic) bond motifs is 2. The van der Waals surface area contributed by atoms with Crippen LogP contribution in [0.15, 0.2) is 36.4 Å². The van der Waals surface area contributed by atoms with E-state index in [-0.39, 0.29) is 11.1 Å². The van der Waals surface area contributed by atoms with Crippen LogP contribution < -0.4 is 4.74 Å². The maximum atomic E-state index is 11.4. The van der Waals surface area contributed by atoms with Crippen molar-refractivity contribution in [2.24, 2.45) is 0 Å². The van der Waals surface area contributed by atoms with Crippen molar-refractivity contribution in [1.29, 1.82) is 0 Å². The molecule has 0 radical (unpaired) electrons. The Morgan fingerprint density at radius 1 is 0.850 bits per heavy atom. The van der Waals surface area contributed by atoms with Crippen molar-refractivity contribution in [2.45, 2.75) is 6.42 Å². The Balaban J connectivity index is 2.18. The number of carbonyl (C=O) groups is 2. The first kappa shape index (κ1) is 13.2. The summed E-state index contributed by atoms with van der Waals surface area (Å²) >= 11 is 11.1. The first-order chi connectivity index (χ1) is 9.58. The van der Waals surface area contributed by atoms with Gasteiger partial charge in [-0.15, -0.1) is 0 Å². The fourth-order valence-corrected chi connectivity index (χ4v) is 2.60. The van der Waals surface area contributed by atoms with Crippen molar-refractivity contribution in [2.75, 3.05) is 0 Å². The van der Waals surface area contributed by atoms with Gasteiger partial charge in [-0.3, -0.25) is 9.59 Å². The lowest BCUT2D eigenvalue weighted by atomic mass is 9.96. The minimum atomic E-state index is -0.597. The van der Waals surface area contributed by atoms with Gasteiger partial charge >= 0.3 is 0 Å². The number of para-hydroxylation sites is 2. The molecule has 100 valence electrons. The average molecular weight is 307 g/mol. The molecule has 1 heterocycles. The smallest absolute Gasteiger partial charge is 0.256 e. The zero-order valence-electron chi connectivity index (χ0n) is 10.2. The first-order valence-corrected chi connectivity index (χ1v) is 6.65. The Hall–Kier alpha value is -1.84. The molecule has 0 fully saturated rings. The van der Waals surface area contributed by atoms with Crippen molar-refractivity contribution in [3.05, 3.63) is 58.7 Å². The Morgan fingerprint density at radius 3 is 1.70 bits per heavy atom. The second kappa shape index (κ2) is 4.93. The molecule has 0 spiro atoms. The van der Waals surface area contributed by atoms with Gasteiger partial charge in [0, 0.05) is 17.5 Å². The summed E-state index contributed by atoms with van der Waals surface area (Å²) in [6.45, 7) is 0. The minimum Gasteiger partial charge on any atom is -0.455 e. The fourth-order valence-electron chi connectivity index (χ4n) is 2.31. The molecule has 0 aliphatic carbocycles. The molecule has 20 heavy (non-hydrogen) atoms. The van der Waals surface area contributed by atoms with Gasteiger partial charge in [0.25, 0.3) is 10.5 Å². The monoisotopic (exact) mass is 306 g/mol. The van der Waals surface area contributed by atoms with Gasteiger partial charge in [0.05, 0.1) is 11.1 Å². The largest absolute Gasteiger partial charge is 0.455 e. The van der Waals surface area contributed by atoms with Crippen molar-refractivity contribution in [3.8, 4) is 11.5 Å². The van der Waals surface area contributed by atoms with Crippen LogP contribution in [0.25, 0.3) is 0 Å². The van der Waals surface area contributed by atoms with E-state index in [1.165, 1.54) is 0 Å². The van der Waals surface area contributed by atoms with E-state index in [9.17, 15) is 9.59 Å². The van der Waals surface area contributed by atoms with Crippen LogP contribution in [-0.4, -0.2) is 10.5 Å². The van der Waals surface area contributed by atoms with Crippen LogP contribution in [0.5, 0.6) is 11.5 Å². The number of ether oxygens (including phenoxy) is 1. The predicted octanol–water partition coefficient (Wildman–Crippen LogP) is 4.14. The van der Waals surface area contributed by atoms with Crippen LogP contribution in [0.2, 0.25) is 0 Å². The molecule has 0 atom stereocenters. The summed E-state index contributed by atoms with van der Waals surface area (Å²) in [5, 5.41) is -1.19. The summed E-state index contributed by atoms with van der Waals surface area (Å²) in [4.78, 5) is 22.9. The number of carbonyl (C=O) groups excluding carboxylic acids is 2. The number of rotatable bonds is 2. The van der Waals surface area contributed by atoms with Gasteiger partial charge in [-0.2, -0.15) is 0 Å². The third-order valence-electron chi connectivity index (χ3n) is 3.20. The van der Waals surface area contributed by atoms with Crippen molar-refractivity contribution < 1.29 is 14.3 Å². The predicted molar refractivity (Wildman–Crippen MR) is 76.1 cm³/mol. The number of benzene rings is 2. The molecule has 2 aromatic rings. The molecular weight excluding hydrogens is 299 g/mol. The minimum absolute atomic E-state index is 0.284. The van der Waals surface area contributed by atoms with E-state index in [1.807, 2.05) is 12.1 Å². The zero-order chi connectivity index (χ0) is 14.3. The molecule has 0 saturated heterocycles. The molecule has 0 amide bonds. The highest BCUT2D eigenvalue weighted by Crippen LogP contribution is 2.41. The van der Waals surface area contributed by atoms with Gasteiger partial charge < -0.3 is 4.74 Å². The van der Waals surface area contributed by atoms with Crippen LogP contribution >= 0.6 is 23.2 Å². The lowest BCUT2D eigenvalue weighted by Crippen LogP contribution is -2.09. The maximum Gasteiger partial charge on any atom is 0.256 e. The normalized spacial score (nSPS) is 12.1. The third kappa shape index (κ3) is 2.09. The van der Waals surface area contributed by atoms with Crippen LogP contribution in [0.4, 0.5) is 0 Å². The highest BCUT2D eigenvalue weighted by Gasteiger charge is 2.25. The SMILES string of the molecule is O=C(Cl)c1cccc2c1Oc1c(cccc1C(=O)Cl)C2. The van der Waals surface area contributed by atoms with Crippen LogP contribution in [0, 0.1) is 0 Å². The van der Waals surface area contributed by atoms with E-state index >= 15 is 0 Å². The molecule has 2 aromatic carbocycles. The van der Waals surface area contributed by atoms with Gasteiger partial charge in [-0.05, 0) is 35.3 Å². The van der Waals surface area contributed by atoms with Crippen LogP contribution in [-0.2, 0) is 6.42 Å². The highest BCUT2D eigenvalue weighted by molar-refractivity contribution is 6.68. The lowest BCUT2D eigenvalue weighted by Gasteiger charge is -2.23. The fraction of sp³-hybridized carbons (Fsp3) is 0.0667. The number of halogens is 2. The molecule has 0 bridgehead atoms. The second-order valence-corrected chi connectivity index (χ2v) is 5.10. The maximum absolute atomic E-state index is 11.4. The van der Waals surface area contributed by atoms with E-state index in [0.717, 1.165) is 11.1 Å². The standard InChI is InChI=1S/C15H8Cl2O3/c16-14(18)10-5-1-3-8-7-9-4-2-6-11(15(17)19)13(9)20-12(8)10/h1-6H,7H2. The van der Waals surface area contributed by atoms with Crippen LogP contribution in [0.3, 0.4) is 0 Å². The summed E-state index contributed by atoms with van der Waals surface area (Å²) in [6, 6.07) is 10.4. The summed E-state index contributed by atoms with van der Waals surface area (Å²) in [5.41, 5.74) is 2.27. The number of hydrogen-bond donors (Lipinski definition) is 0. The molecule has 3 rings (SSSR count). The molecule has 3 nitrogen and oxygen atoms in total. The third-order valence-corrected chi connectivity index (χ3v) is 3.61. The Bertz CT molecular complexity index is 676. The Kier molecular flexibility index (Phi) is 3.24. The van der Waals surface area contributed by atoms with Crippen molar-refractivity contribution in [1.82, 2.24) is 0 Å². The zero-order valence-corrected chi connectivity index (χ0v) is 11.7. The van der Waals surface area contributed by atoms with E-state index in [0.29, 0.717) is 17.9 Å². The van der Waals surface area contributed by atoms with Gasteiger partial charge in [-0.1, -0.05) is 24.3 Å². The number of hydrogen-bond acceptors (Lipinski definition) is 3. The topological polar surface area (TPSA) is 43.4 Å². The van der Waals surface area contributed by atoms with Gasteiger partial charge in [0.2, 0.25) is 0 Å². The van der Waals surface area contributed by atoms with E-state index in [2.05, 4.69) is 0 Å². The lowest BCUT2D eigenvalue weighted by molar-refractivity contribution is 0.107. The molecule has 0 saturated carbocycles. The first-order valence-electron chi connectivity index (χ1n) is 5.89. The van der Waals surface area contributed by atoms with Gasteiger partial charge in [0.15, 0.2) is 0 Å². The van der Waals surface area contributed by atoms with Gasteiger partial charge in [0.1, 0.15) is 11.5 Å². The molecule has 5 heteroatoms. The van der Waals surface area contributed by atoms with E-state index < -0.39 is 10.5 Å². The Morgan fingerprint density at radius 2 is 1.30 bits per heavy atom. The molecule has 1 aliphatic rings.